The van der Waals surface area contributed by atoms with E-state index in [1.807, 2.05) is 6.07 Å². The maximum atomic E-state index is 12.2. The average molecular weight is 351 g/mol. The molecule has 0 bridgehead atoms. The number of esters is 1. The zero-order valence-electron chi connectivity index (χ0n) is 14.3. The van der Waals surface area contributed by atoms with Crippen LogP contribution in [0.4, 0.5) is 5.69 Å². The fraction of sp³-hybridized carbons (Fsp3) is 0.158. The van der Waals surface area contributed by atoms with Gasteiger partial charge in [-0.15, -0.1) is 0 Å². The molecule has 1 amide bonds. The van der Waals surface area contributed by atoms with Gasteiger partial charge in [0.2, 0.25) is 0 Å². The lowest BCUT2D eigenvalue weighted by Gasteiger charge is -2.13. The van der Waals surface area contributed by atoms with Gasteiger partial charge in [-0.1, -0.05) is 12.1 Å². The number of carbonyl (C=O) groups is 2. The molecule has 0 aliphatic carbocycles. The summed E-state index contributed by atoms with van der Waals surface area (Å²) in [5.74, 6) is -0.477. The van der Waals surface area contributed by atoms with Crippen molar-refractivity contribution >= 4 is 28.6 Å². The summed E-state index contributed by atoms with van der Waals surface area (Å²) >= 11 is 0. The summed E-state index contributed by atoms with van der Waals surface area (Å²) in [6, 6.07) is 14.0. The van der Waals surface area contributed by atoms with Gasteiger partial charge in [-0.2, -0.15) is 0 Å². The summed E-state index contributed by atoms with van der Waals surface area (Å²) < 4.78 is 10.2. The Kier molecular flexibility index (Phi) is 5.07. The van der Waals surface area contributed by atoms with Crippen molar-refractivity contribution in [2.45, 2.75) is 13.0 Å². The molecule has 1 unspecified atom stereocenters. The molecule has 0 spiro atoms. The second kappa shape index (κ2) is 7.60. The molecule has 2 aromatic carbocycles. The molecule has 3 aromatic rings. The summed E-state index contributed by atoms with van der Waals surface area (Å²) in [6.07, 6.45) is 0.344. The first-order chi connectivity index (χ1) is 12.6. The van der Waals surface area contributed by atoms with Gasteiger partial charge < -0.3 is 14.8 Å². The van der Waals surface area contributed by atoms with Gasteiger partial charge in [-0.3, -0.25) is 9.78 Å². The van der Waals surface area contributed by atoms with Crippen LogP contribution in [0.25, 0.3) is 11.0 Å². The van der Waals surface area contributed by atoms with E-state index in [1.54, 1.807) is 49.6 Å². The van der Waals surface area contributed by atoms with Gasteiger partial charge in [0.1, 0.15) is 5.75 Å². The standard InChI is InChI=1S/C19H17N3O4/c1-12(18(23)21-13-7-9-14(25-2)10-8-13)26-19(24)17-11-20-15-5-3-4-6-16(15)22-17/h3-12H,1-2H3,(H,21,23). The number of benzene rings is 2. The molecule has 1 N–H and O–H groups in total. The highest BCUT2D eigenvalue weighted by molar-refractivity contribution is 5.97. The number of aromatic nitrogens is 2. The number of rotatable bonds is 5. The second-order valence-electron chi connectivity index (χ2n) is 5.51. The fourth-order valence-electron chi connectivity index (χ4n) is 2.25. The predicted octanol–water partition coefficient (Wildman–Crippen LogP) is 2.82. The van der Waals surface area contributed by atoms with Crippen LogP contribution in [-0.4, -0.2) is 35.1 Å². The molecule has 132 valence electrons. The Bertz CT molecular complexity index is 941. The molecule has 3 rings (SSSR count). The number of carbonyl (C=O) groups excluding carboxylic acids is 2. The van der Waals surface area contributed by atoms with Crippen molar-refractivity contribution in [2.24, 2.45) is 0 Å². The third-order valence-electron chi connectivity index (χ3n) is 3.67. The van der Waals surface area contributed by atoms with Crippen LogP contribution in [0.15, 0.2) is 54.7 Å². The number of methoxy groups -OCH3 is 1. The van der Waals surface area contributed by atoms with Crippen LogP contribution in [0.5, 0.6) is 5.75 Å². The summed E-state index contributed by atoms with van der Waals surface area (Å²) in [6.45, 7) is 1.49. The largest absolute Gasteiger partial charge is 0.497 e. The highest BCUT2D eigenvalue weighted by Crippen LogP contribution is 2.16. The Labute approximate surface area is 150 Å². The first kappa shape index (κ1) is 17.3. The van der Waals surface area contributed by atoms with Crippen LogP contribution >= 0.6 is 0 Å². The van der Waals surface area contributed by atoms with Gasteiger partial charge in [0.15, 0.2) is 11.8 Å². The number of ether oxygens (including phenoxy) is 2. The monoisotopic (exact) mass is 351 g/mol. The van der Waals surface area contributed by atoms with Crippen LogP contribution in [0.2, 0.25) is 0 Å². The van der Waals surface area contributed by atoms with Crippen molar-refractivity contribution in [1.82, 2.24) is 9.97 Å². The molecule has 1 aromatic heterocycles. The van der Waals surface area contributed by atoms with E-state index in [9.17, 15) is 9.59 Å². The molecule has 0 radical (unpaired) electrons. The predicted molar refractivity (Wildman–Crippen MR) is 96.0 cm³/mol. The first-order valence-corrected chi connectivity index (χ1v) is 7.94. The molecule has 1 heterocycles. The molecular formula is C19H17N3O4. The van der Waals surface area contributed by atoms with E-state index in [1.165, 1.54) is 13.1 Å². The van der Waals surface area contributed by atoms with Crippen LogP contribution < -0.4 is 10.1 Å². The van der Waals surface area contributed by atoms with E-state index in [0.717, 1.165) is 0 Å². The van der Waals surface area contributed by atoms with Crippen LogP contribution in [0.1, 0.15) is 17.4 Å². The van der Waals surface area contributed by atoms with E-state index in [-0.39, 0.29) is 5.69 Å². The number of amides is 1. The van der Waals surface area contributed by atoms with E-state index in [0.29, 0.717) is 22.5 Å². The highest BCUT2D eigenvalue weighted by atomic mass is 16.5. The van der Waals surface area contributed by atoms with Crippen molar-refractivity contribution in [1.29, 1.82) is 0 Å². The number of fused-ring (bicyclic) bond motifs is 1. The molecule has 0 aliphatic heterocycles. The Hall–Kier alpha value is -3.48. The summed E-state index contributed by atoms with van der Waals surface area (Å²) in [7, 11) is 1.56. The lowest BCUT2D eigenvalue weighted by molar-refractivity contribution is -0.123. The lowest BCUT2D eigenvalue weighted by atomic mass is 10.2. The number of nitrogens with one attached hydrogen (secondary N) is 1. The minimum atomic E-state index is -0.988. The minimum Gasteiger partial charge on any atom is -0.497 e. The van der Waals surface area contributed by atoms with E-state index in [2.05, 4.69) is 15.3 Å². The Balaban J connectivity index is 1.64. The molecule has 26 heavy (non-hydrogen) atoms. The van der Waals surface area contributed by atoms with Crippen molar-refractivity contribution in [3.8, 4) is 5.75 Å². The third kappa shape index (κ3) is 3.94. The molecule has 1 atom stereocenters. The maximum absolute atomic E-state index is 12.2. The molecule has 0 saturated carbocycles. The zero-order chi connectivity index (χ0) is 18.5. The van der Waals surface area contributed by atoms with Crippen LogP contribution in [0, 0.1) is 0 Å². The number of hydrogen-bond acceptors (Lipinski definition) is 6. The number of para-hydroxylation sites is 2. The molecule has 7 nitrogen and oxygen atoms in total. The SMILES string of the molecule is COc1ccc(NC(=O)C(C)OC(=O)c2cnc3ccccc3n2)cc1. The highest BCUT2D eigenvalue weighted by Gasteiger charge is 2.20. The Morgan fingerprint density at radius 2 is 1.73 bits per heavy atom. The van der Waals surface area contributed by atoms with E-state index in [4.69, 9.17) is 9.47 Å². The Morgan fingerprint density at radius 3 is 2.42 bits per heavy atom. The normalized spacial score (nSPS) is 11.6. The molecule has 7 heteroatoms. The van der Waals surface area contributed by atoms with E-state index < -0.39 is 18.0 Å². The van der Waals surface area contributed by atoms with Gasteiger partial charge in [0, 0.05) is 5.69 Å². The number of hydrogen-bond donors (Lipinski definition) is 1. The van der Waals surface area contributed by atoms with Crippen LogP contribution in [-0.2, 0) is 9.53 Å². The van der Waals surface area contributed by atoms with E-state index >= 15 is 0 Å². The minimum absolute atomic E-state index is 0.0489. The topological polar surface area (TPSA) is 90.4 Å². The average Bonchev–Trinajstić information content (AvgIpc) is 2.68. The molecule has 0 saturated heterocycles. The summed E-state index contributed by atoms with van der Waals surface area (Å²) in [5, 5.41) is 2.67. The Morgan fingerprint density at radius 1 is 1.04 bits per heavy atom. The van der Waals surface area contributed by atoms with Crippen LogP contribution in [0.3, 0.4) is 0 Å². The van der Waals surface area contributed by atoms with Gasteiger partial charge in [-0.05, 0) is 43.3 Å². The van der Waals surface area contributed by atoms with Crippen molar-refractivity contribution < 1.29 is 19.1 Å². The summed E-state index contributed by atoms with van der Waals surface area (Å²) in [4.78, 5) is 32.8. The zero-order valence-corrected chi connectivity index (χ0v) is 14.3. The van der Waals surface area contributed by atoms with Gasteiger partial charge in [-0.25, -0.2) is 9.78 Å². The first-order valence-electron chi connectivity index (χ1n) is 7.94. The van der Waals surface area contributed by atoms with Crippen molar-refractivity contribution in [3.63, 3.8) is 0 Å². The molecule has 0 aliphatic rings. The molecule has 0 fully saturated rings. The second-order valence-corrected chi connectivity index (χ2v) is 5.51. The third-order valence-corrected chi connectivity index (χ3v) is 3.67. The number of anilines is 1. The fourth-order valence-corrected chi connectivity index (χ4v) is 2.25. The van der Waals surface area contributed by atoms with Crippen molar-refractivity contribution in [3.05, 3.63) is 60.4 Å². The quantitative estimate of drug-likeness (QED) is 0.711. The maximum Gasteiger partial charge on any atom is 0.359 e. The van der Waals surface area contributed by atoms with Crippen molar-refractivity contribution in [2.75, 3.05) is 12.4 Å². The lowest BCUT2D eigenvalue weighted by Crippen LogP contribution is -2.30. The van der Waals surface area contributed by atoms with Gasteiger partial charge >= 0.3 is 5.97 Å². The van der Waals surface area contributed by atoms with Gasteiger partial charge in [0.25, 0.3) is 5.91 Å². The smallest absolute Gasteiger partial charge is 0.359 e. The number of nitrogens with zero attached hydrogens (tertiary/aromatic N) is 2. The summed E-state index contributed by atoms with van der Waals surface area (Å²) in [5.41, 5.74) is 1.88. The van der Waals surface area contributed by atoms with Gasteiger partial charge in [0.05, 0.1) is 24.3 Å². The molecular weight excluding hydrogens is 334 g/mol.